The normalized spacial score (nSPS) is 18.7. The number of hydrogen-bond acceptors (Lipinski definition) is 7. The summed E-state index contributed by atoms with van der Waals surface area (Å²) in [6.07, 6.45) is 1.46. The summed E-state index contributed by atoms with van der Waals surface area (Å²) in [4.78, 5) is 12.0. The van der Waals surface area contributed by atoms with Gasteiger partial charge in [-0.1, -0.05) is 30.8 Å². The van der Waals surface area contributed by atoms with Crippen molar-refractivity contribution in [2.75, 3.05) is 11.5 Å². The van der Waals surface area contributed by atoms with Crippen LogP contribution in [0.1, 0.15) is 36.2 Å². The molecule has 2 aromatic heterocycles. The van der Waals surface area contributed by atoms with Gasteiger partial charge in [0.05, 0.1) is 11.5 Å². The summed E-state index contributed by atoms with van der Waals surface area (Å²) in [5.74, 6) is 1.48. The first-order valence-electron chi connectivity index (χ1n) is 9.14. The number of rotatable bonds is 5. The Morgan fingerprint density at radius 3 is 2.82 bits per heavy atom. The van der Waals surface area contributed by atoms with Crippen LogP contribution in [0.25, 0.3) is 11.0 Å². The van der Waals surface area contributed by atoms with Crippen molar-refractivity contribution in [2.24, 2.45) is 7.05 Å². The van der Waals surface area contributed by atoms with Gasteiger partial charge in [0, 0.05) is 30.2 Å². The molecule has 3 aromatic rings. The zero-order chi connectivity index (χ0) is 19.9. The molecule has 1 fully saturated rings. The first kappa shape index (κ1) is 19.2. The number of aromatic nitrogens is 3. The lowest BCUT2D eigenvalue weighted by atomic mass is 10.1. The SMILES string of the molecule is CCc1ccc2c(CSc3nnc(C4CCS(=O)(=O)C4)n3C)cc(=O)oc2c1. The lowest BCUT2D eigenvalue weighted by molar-refractivity contribution is 0.559. The average molecular weight is 420 g/mol. The van der Waals surface area contributed by atoms with Crippen molar-refractivity contribution in [3.8, 4) is 0 Å². The van der Waals surface area contributed by atoms with Gasteiger partial charge in [-0.25, -0.2) is 13.2 Å². The summed E-state index contributed by atoms with van der Waals surface area (Å²) in [6.45, 7) is 2.06. The van der Waals surface area contributed by atoms with E-state index in [4.69, 9.17) is 4.42 Å². The van der Waals surface area contributed by atoms with E-state index in [1.54, 1.807) is 0 Å². The molecule has 9 heteroatoms. The smallest absolute Gasteiger partial charge is 0.336 e. The Morgan fingerprint density at radius 1 is 1.29 bits per heavy atom. The van der Waals surface area contributed by atoms with Gasteiger partial charge >= 0.3 is 5.63 Å². The van der Waals surface area contributed by atoms with Gasteiger partial charge in [0.15, 0.2) is 15.0 Å². The largest absolute Gasteiger partial charge is 0.423 e. The van der Waals surface area contributed by atoms with E-state index in [9.17, 15) is 13.2 Å². The van der Waals surface area contributed by atoms with Crippen LogP contribution in [0.15, 0.2) is 38.6 Å². The highest BCUT2D eigenvalue weighted by Gasteiger charge is 2.32. The van der Waals surface area contributed by atoms with Gasteiger partial charge in [0.2, 0.25) is 0 Å². The molecule has 0 spiro atoms. The fourth-order valence-corrected chi connectivity index (χ4v) is 6.21. The van der Waals surface area contributed by atoms with Crippen LogP contribution < -0.4 is 5.63 Å². The second-order valence-electron chi connectivity index (χ2n) is 7.06. The Balaban J connectivity index is 1.58. The molecule has 28 heavy (non-hydrogen) atoms. The molecule has 1 atom stereocenters. The zero-order valence-electron chi connectivity index (χ0n) is 15.7. The van der Waals surface area contributed by atoms with Crippen LogP contribution in [0.5, 0.6) is 0 Å². The average Bonchev–Trinajstić information content (AvgIpc) is 3.20. The Labute approximate surface area is 167 Å². The number of sulfone groups is 1. The Kier molecular flexibility index (Phi) is 5.05. The highest BCUT2D eigenvalue weighted by molar-refractivity contribution is 7.98. The van der Waals surface area contributed by atoms with E-state index in [0.29, 0.717) is 28.7 Å². The molecule has 4 rings (SSSR count). The predicted molar refractivity (Wildman–Crippen MR) is 108 cm³/mol. The number of fused-ring (bicyclic) bond motifs is 1. The second-order valence-corrected chi connectivity index (χ2v) is 10.2. The van der Waals surface area contributed by atoms with Gasteiger partial charge in [-0.3, -0.25) is 0 Å². The van der Waals surface area contributed by atoms with E-state index >= 15 is 0 Å². The predicted octanol–water partition coefficient (Wildman–Crippen LogP) is 2.68. The van der Waals surface area contributed by atoms with E-state index in [-0.39, 0.29) is 23.0 Å². The number of benzene rings is 1. The molecule has 1 aromatic carbocycles. The van der Waals surface area contributed by atoms with Crippen LogP contribution in [0.4, 0.5) is 0 Å². The van der Waals surface area contributed by atoms with Gasteiger partial charge in [-0.2, -0.15) is 0 Å². The van der Waals surface area contributed by atoms with E-state index in [2.05, 4.69) is 17.1 Å². The maximum Gasteiger partial charge on any atom is 0.336 e. The van der Waals surface area contributed by atoms with Crippen molar-refractivity contribution < 1.29 is 12.8 Å². The molecule has 0 bridgehead atoms. The molecule has 0 aliphatic carbocycles. The van der Waals surface area contributed by atoms with Gasteiger partial charge in [-0.05, 0) is 30.0 Å². The molecule has 0 saturated carbocycles. The van der Waals surface area contributed by atoms with Crippen molar-refractivity contribution >= 4 is 32.6 Å². The summed E-state index contributed by atoms with van der Waals surface area (Å²) in [5, 5.41) is 10.1. The molecule has 7 nitrogen and oxygen atoms in total. The third kappa shape index (κ3) is 3.73. The molecule has 1 aliphatic rings. The molecule has 0 amide bonds. The Bertz CT molecular complexity index is 1200. The maximum absolute atomic E-state index is 12.0. The lowest BCUT2D eigenvalue weighted by Gasteiger charge is -2.09. The standard InChI is InChI=1S/C19H21N3O4S2/c1-3-12-4-5-15-14(9-17(23)26-16(15)8-12)10-27-19-21-20-18(22(19)2)13-6-7-28(24,25)11-13/h4-5,8-9,13H,3,6-7,10-11H2,1-2H3. The fourth-order valence-electron chi connectivity index (χ4n) is 3.56. The van der Waals surface area contributed by atoms with E-state index in [1.807, 2.05) is 29.8 Å². The number of nitrogens with zero attached hydrogens (tertiary/aromatic N) is 3. The number of thioether (sulfide) groups is 1. The minimum Gasteiger partial charge on any atom is -0.423 e. The molecule has 3 heterocycles. The van der Waals surface area contributed by atoms with Crippen molar-refractivity contribution in [3.63, 3.8) is 0 Å². The maximum atomic E-state index is 12.0. The summed E-state index contributed by atoms with van der Waals surface area (Å²) in [7, 11) is -1.12. The summed E-state index contributed by atoms with van der Waals surface area (Å²) >= 11 is 1.47. The summed E-state index contributed by atoms with van der Waals surface area (Å²) < 4.78 is 30.7. The van der Waals surface area contributed by atoms with Crippen LogP contribution in [-0.4, -0.2) is 34.7 Å². The van der Waals surface area contributed by atoms with Gasteiger partial charge in [0.25, 0.3) is 0 Å². The molecule has 1 aliphatic heterocycles. The number of hydrogen-bond donors (Lipinski definition) is 0. The van der Waals surface area contributed by atoms with Crippen LogP contribution >= 0.6 is 11.8 Å². The highest BCUT2D eigenvalue weighted by atomic mass is 32.2. The van der Waals surface area contributed by atoms with Gasteiger partial charge in [-0.15, -0.1) is 10.2 Å². The van der Waals surface area contributed by atoms with Crippen molar-refractivity contribution in [2.45, 2.75) is 36.6 Å². The minimum atomic E-state index is -2.97. The quantitative estimate of drug-likeness (QED) is 0.463. The third-order valence-corrected chi connectivity index (χ3v) is 7.96. The summed E-state index contributed by atoms with van der Waals surface area (Å²) in [5.41, 5.74) is 2.22. The zero-order valence-corrected chi connectivity index (χ0v) is 17.3. The van der Waals surface area contributed by atoms with E-state index in [1.165, 1.54) is 17.8 Å². The third-order valence-electron chi connectivity index (χ3n) is 5.13. The Hall–Kier alpha value is -2.13. The first-order valence-corrected chi connectivity index (χ1v) is 11.9. The first-order chi connectivity index (χ1) is 13.4. The number of aryl methyl sites for hydroxylation is 1. The van der Waals surface area contributed by atoms with Crippen LogP contribution in [-0.2, 0) is 29.1 Å². The molecule has 0 radical (unpaired) electrons. The van der Waals surface area contributed by atoms with Crippen molar-refractivity contribution in [1.82, 2.24) is 14.8 Å². The van der Waals surface area contributed by atoms with Gasteiger partial charge < -0.3 is 8.98 Å². The molecular formula is C19H21N3O4S2. The van der Waals surface area contributed by atoms with Crippen LogP contribution in [0.3, 0.4) is 0 Å². The van der Waals surface area contributed by atoms with E-state index < -0.39 is 9.84 Å². The lowest BCUT2D eigenvalue weighted by Crippen LogP contribution is -2.09. The highest BCUT2D eigenvalue weighted by Crippen LogP contribution is 2.31. The van der Waals surface area contributed by atoms with Crippen molar-refractivity contribution in [3.05, 3.63) is 51.6 Å². The monoisotopic (exact) mass is 419 g/mol. The molecule has 148 valence electrons. The Morgan fingerprint density at radius 2 is 2.11 bits per heavy atom. The summed E-state index contributed by atoms with van der Waals surface area (Å²) in [6, 6.07) is 7.45. The molecule has 1 unspecified atom stereocenters. The second kappa shape index (κ2) is 7.36. The van der Waals surface area contributed by atoms with Crippen LogP contribution in [0, 0.1) is 0 Å². The topological polar surface area (TPSA) is 95.1 Å². The van der Waals surface area contributed by atoms with Crippen LogP contribution in [0.2, 0.25) is 0 Å². The fraction of sp³-hybridized carbons (Fsp3) is 0.421. The van der Waals surface area contributed by atoms with E-state index in [0.717, 1.165) is 22.9 Å². The molecular weight excluding hydrogens is 398 g/mol. The molecule has 0 N–H and O–H groups in total. The van der Waals surface area contributed by atoms with Crippen molar-refractivity contribution in [1.29, 1.82) is 0 Å². The minimum absolute atomic E-state index is 0.103. The van der Waals surface area contributed by atoms with Gasteiger partial charge in [0.1, 0.15) is 11.4 Å². The molecule has 1 saturated heterocycles.